The molecule has 0 N–H and O–H groups in total. The summed E-state index contributed by atoms with van der Waals surface area (Å²) < 4.78 is 8.74. The summed E-state index contributed by atoms with van der Waals surface area (Å²) >= 11 is 0. The van der Waals surface area contributed by atoms with E-state index in [1.165, 1.54) is 0 Å². The average Bonchev–Trinajstić information content (AvgIpc) is 3.71. The largest absolute Gasteiger partial charge is 0.500 e. The van der Waals surface area contributed by atoms with Gasteiger partial charge in [0.25, 0.3) is 0 Å². The Hall–Kier alpha value is -5.42. The van der Waals surface area contributed by atoms with E-state index < -0.39 is 0 Å². The van der Waals surface area contributed by atoms with Gasteiger partial charge in [0.2, 0.25) is 0 Å². The number of rotatable bonds is 3. The number of nitrogens with zero attached hydrogens (tertiary/aromatic N) is 4. The van der Waals surface area contributed by atoms with E-state index in [0.29, 0.717) is 0 Å². The number of aromatic nitrogens is 4. The number of pyridine rings is 2. The number of fused-ring (bicyclic) bond motifs is 6. The molecule has 0 aliphatic carbocycles. The first-order chi connectivity index (χ1) is 23.5. The van der Waals surface area contributed by atoms with Crippen LogP contribution < -0.4 is 0 Å². The third-order valence-corrected chi connectivity index (χ3v) is 8.48. The first-order valence-electron chi connectivity index (χ1n) is 16.0. The summed E-state index contributed by atoms with van der Waals surface area (Å²) in [6.45, 7) is 6.54. The Morgan fingerprint density at radius 1 is 0.633 bits per heavy atom. The minimum atomic E-state index is -0.0773. The molecule has 0 fully saturated rings. The van der Waals surface area contributed by atoms with E-state index in [1.807, 2.05) is 66.7 Å². The van der Waals surface area contributed by atoms with Crippen molar-refractivity contribution in [1.29, 1.82) is 0 Å². The molecule has 5 aromatic carbocycles. The zero-order valence-corrected chi connectivity index (χ0v) is 29.7. The number of hydrogen-bond donors (Lipinski definition) is 0. The molecule has 0 saturated carbocycles. The van der Waals surface area contributed by atoms with E-state index in [-0.39, 0.29) is 25.5 Å². The van der Waals surface area contributed by atoms with Crippen LogP contribution in [0.15, 0.2) is 144 Å². The zero-order valence-electron chi connectivity index (χ0n) is 27.3. The fraction of sp³-hybridized carbons (Fsp3) is 0.0930. The van der Waals surface area contributed by atoms with Crippen molar-refractivity contribution in [1.82, 2.24) is 19.5 Å². The molecule has 4 heterocycles. The van der Waals surface area contributed by atoms with E-state index in [4.69, 9.17) is 14.4 Å². The second kappa shape index (κ2) is 13.2. The molecular formula is C43H32IrN4O-2. The molecule has 0 aliphatic heterocycles. The summed E-state index contributed by atoms with van der Waals surface area (Å²) in [4.78, 5) is 14.4. The van der Waals surface area contributed by atoms with Gasteiger partial charge in [0.15, 0.2) is 5.65 Å². The van der Waals surface area contributed by atoms with Gasteiger partial charge in [-0.2, -0.15) is 0 Å². The van der Waals surface area contributed by atoms with E-state index in [2.05, 4.69) is 109 Å². The molecule has 9 rings (SSSR count). The normalized spacial score (nSPS) is 11.4. The Morgan fingerprint density at radius 2 is 1.41 bits per heavy atom. The van der Waals surface area contributed by atoms with Crippen molar-refractivity contribution in [3.8, 4) is 28.3 Å². The quantitative estimate of drug-likeness (QED) is 0.167. The first kappa shape index (κ1) is 32.1. The summed E-state index contributed by atoms with van der Waals surface area (Å²) in [6, 6.07) is 51.3. The summed E-state index contributed by atoms with van der Waals surface area (Å²) in [6.07, 6.45) is 1.79. The van der Waals surface area contributed by atoms with Crippen LogP contribution in [0.3, 0.4) is 0 Å². The summed E-state index contributed by atoms with van der Waals surface area (Å²) in [5, 5.41) is 4.41. The van der Waals surface area contributed by atoms with Gasteiger partial charge >= 0.3 is 0 Å². The average molecular weight is 813 g/mol. The molecule has 0 unspecified atom stereocenters. The van der Waals surface area contributed by atoms with E-state index in [9.17, 15) is 0 Å². The fourth-order valence-corrected chi connectivity index (χ4v) is 6.07. The summed E-state index contributed by atoms with van der Waals surface area (Å²) in [7, 11) is 0. The first-order valence-corrected chi connectivity index (χ1v) is 16.0. The Bertz CT molecular complexity index is 2500. The molecule has 49 heavy (non-hydrogen) atoms. The molecule has 0 aliphatic rings. The molecule has 241 valence electrons. The van der Waals surface area contributed by atoms with Gasteiger partial charge in [0.1, 0.15) is 5.58 Å². The summed E-state index contributed by atoms with van der Waals surface area (Å²) in [5.74, 6) is 0.767. The van der Waals surface area contributed by atoms with Crippen molar-refractivity contribution in [2.24, 2.45) is 0 Å². The third kappa shape index (κ3) is 6.06. The third-order valence-electron chi connectivity index (χ3n) is 8.48. The van der Waals surface area contributed by atoms with Crippen LogP contribution in [-0.2, 0) is 25.5 Å². The minimum absolute atomic E-state index is 0. The molecule has 1 radical (unpaired) electrons. The van der Waals surface area contributed by atoms with E-state index >= 15 is 0 Å². The van der Waals surface area contributed by atoms with Crippen molar-refractivity contribution in [3.63, 3.8) is 0 Å². The van der Waals surface area contributed by atoms with Gasteiger partial charge in [-0.25, -0.2) is 4.98 Å². The molecule has 5 nitrogen and oxygen atoms in total. The Labute approximate surface area is 298 Å². The van der Waals surface area contributed by atoms with Crippen LogP contribution in [0, 0.1) is 12.1 Å². The van der Waals surface area contributed by atoms with Crippen molar-refractivity contribution < 1.29 is 24.5 Å². The molecule has 6 heteroatoms. The van der Waals surface area contributed by atoms with Crippen molar-refractivity contribution >= 4 is 43.9 Å². The van der Waals surface area contributed by atoms with Crippen molar-refractivity contribution in [3.05, 3.63) is 157 Å². The van der Waals surface area contributed by atoms with E-state index in [0.717, 1.165) is 77.9 Å². The Morgan fingerprint density at radius 3 is 2.18 bits per heavy atom. The van der Waals surface area contributed by atoms with Gasteiger partial charge in [0.05, 0.1) is 16.9 Å². The smallest absolute Gasteiger partial charge is 0.155 e. The predicted octanol–water partition coefficient (Wildman–Crippen LogP) is 10.8. The number of furan rings is 1. The van der Waals surface area contributed by atoms with E-state index in [1.54, 1.807) is 6.20 Å². The van der Waals surface area contributed by atoms with Gasteiger partial charge in [-0.05, 0) is 41.4 Å². The Balaban J connectivity index is 0.000000246. The molecule has 0 atom stereocenters. The zero-order chi connectivity index (χ0) is 32.7. The summed E-state index contributed by atoms with van der Waals surface area (Å²) in [5.41, 5.74) is 8.13. The van der Waals surface area contributed by atoms with Crippen LogP contribution >= 0.6 is 0 Å². The number of imidazole rings is 1. The Kier molecular flexibility index (Phi) is 8.68. The van der Waals surface area contributed by atoms with Crippen LogP contribution in [0.1, 0.15) is 26.5 Å². The molecular weight excluding hydrogens is 781 g/mol. The maximum atomic E-state index is 6.61. The van der Waals surface area contributed by atoms with Crippen LogP contribution in [0.5, 0.6) is 0 Å². The van der Waals surface area contributed by atoms with Crippen LogP contribution in [0.25, 0.3) is 72.2 Å². The predicted molar refractivity (Wildman–Crippen MR) is 195 cm³/mol. The standard InChI is InChI=1S/C32H24N3O.C11H8N.Ir/c1-32(2,3)27-19-18-26-31(34-27)35(21-11-5-4-6-12-21)30(33-26)25-15-9-14-23-24-17-16-20-10-7-8-13-22(20)28(24)36-29(23)25;1-2-6-10(7-3-1)11-8-4-5-9-12-11;/h4-14,16-19H,1-3H3;1-6,8-9H;/q2*-1;. The molecule has 9 aromatic rings. The van der Waals surface area contributed by atoms with Crippen LogP contribution in [0.4, 0.5) is 0 Å². The minimum Gasteiger partial charge on any atom is -0.500 e. The van der Waals surface area contributed by atoms with Crippen LogP contribution in [-0.4, -0.2) is 19.5 Å². The number of para-hydroxylation sites is 1. The van der Waals surface area contributed by atoms with Gasteiger partial charge in [0, 0.05) is 53.9 Å². The van der Waals surface area contributed by atoms with Gasteiger partial charge in [-0.15, -0.1) is 54.1 Å². The van der Waals surface area contributed by atoms with Crippen molar-refractivity contribution in [2.45, 2.75) is 26.2 Å². The van der Waals surface area contributed by atoms with Crippen LogP contribution in [0.2, 0.25) is 0 Å². The maximum absolute atomic E-state index is 6.61. The molecule has 0 saturated heterocycles. The van der Waals surface area contributed by atoms with Crippen molar-refractivity contribution in [2.75, 3.05) is 0 Å². The maximum Gasteiger partial charge on any atom is 0.155 e. The number of hydrogen-bond acceptors (Lipinski definition) is 4. The SMILES string of the molecule is CC(C)(C)c1ccc2nc(-c3[c-]ccc4c3oc3c5ccccc5ccc43)n(-c3ccccc3)c2n1.[Ir].[c-]1ccccc1-c1ccccn1. The molecule has 0 bridgehead atoms. The molecule has 0 spiro atoms. The monoisotopic (exact) mass is 813 g/mol. The second-order valence-corrected chi connectivity index (χ2v) is 12.7. The number of benzene rings is 5. The molecule has 4 aromatic heterocycles. The molecule has 0 amide bonds. The van der Waals surface area contributed by atoms with Gasteiger partial charge < -0.3 is 14.0 Å². The fourth-order valence-electron chi connectivity index (χ4n) is 6.07. The van der Waals surface area contributed by atoms with Gasteiger partial charge in [-0.1, -0.05) is 98.5 Å². The topological polar surface area (TPSA) is 56.7 Å². The second-order valence-electron chi connectivity index (χ2n) is 12.7. The van der Waals surface area contributed by atoms with Gasteiger partial charge in [-0.3, -0.25) is 4.98 Å².